The predicted octanol–water partition coefficient (Wildman–Crippen LogP) is 1.32. The van der Waals surface area contributed by atoms with Gasteiger partial charge in [0.2, 0.25) is 0 Å². The first-order valence-corrected chi connectivity index (χ1v) is 5.39. The Morgan fingerprint density at radius 3 is 2.53 bits per heavy atom. The molecule has 1 aromatic heterocycles. The zero-order valence-electron chi connectivity index (χ0n) is 10.7. The zero-order valence-corrected chi connectivity index (χ0v) is 10.7. The first-order valence-electron chi connectivity index (χ1n) is 5.39. The summed E-state index contributed by atoms with van der Waals surface area (Å²) in [6, 6.07) is 7.94. The number of aromatic nitrogens is 2. The lowest BCUT2D eigenvalue weighted by Gasteiger charge is -2.12. The fourth-order valence-corrected chi connectivity index (χ4v) is 1.42. The Labute approximate surface area is 102 Å². The van der Waals surface area contributed by atoms with Crippen LogP contribution in [0, 0.1) is 0 Å². The number of guanidine groups is 1. The maximum Gasteiger partial charge on any atom is 0.192 e. The molecule has 0 amide bonds. The summed E-state index contributed by atoms with van der Waals surface area (Å²) in [5.74, 6) is 0.894. The van der Waals surface area contributed by atoms with Gasteiger partial charge in [-0.25, -0.2) is 4.98 Å². The molecular weight excluding hydrogens is 214 g/mol. The number of rotatable bonds is 0. The van der Waals surface area contributed by atoms with E-state index in [-0.39, 0.29) is 0 Å². The lowest BCUT2D eigenvalue weighted by Crippen LogP contribution is -2.33. The summed E-state index contributed by atoms with van der Waals surface area (Å²) >= 11 is 0. The van der Waals surface area contributed by atoms with Crippen LogP contribution in [0.15, 0.2) is 35.6 Å². The molecule has 2 N–H and O–H groups in total. The van der Waals surface area contributed by atoms with Crippen molar-refractivity contribution in [3.8, 4) is 0 Å². The molecule has 0 unspecified atom stereocenters. The van der Waals surface area contributed by atoms with Crippen LogP contribution >= 0.6 is 0 Å². The molecule has 92 valence electrons. The lowest BCUT2D eigenvalue weighted by molar-refractivity contribution is 0.596. The van der Waals surface area contributed by atoms with Gasteiger partial charge < -0.3 is 15.2 Å². The first-order chi connectivity index (χ1) is 8.19. The third kappa shape index (κ3) is 3.79. The number of aromatic amines is 1. The molecule has 1 aromatic carbocycles. The number of aliphatic imine (C=N–C) groups is 1. The molecule has 2 rings (SSSR count). The Morgan fingerprint density at radius 2 is 2.06 bits per heavy atom. The molecule has 0 saturated carbocycles. The molecule has 1 heterocycles. The highest BCUT2D eigenvalue weighted by atomic mass is 15.2. The van der Waals surface area contributed by atoms with E-state index in [1.54, 1.807) is 13.4 Å². The average Bonchev–Trinajstić information content (AvgIpc) is 2.79. The predicted molar refractivity (Wildman–Crippen MR) is 72.2 cm³/mol. The second kappa shape index (κ2) is 6.52. The molecular formula is C12H19N5. The van der Waals surface area contributed by atoms with E-state index in [1.807, 2.05) is 50.3 Å². The molecule has 0 saturated heterocycles. The van der Waals surface area contributed by atoms with Crippen molar-refractivity contribution in [3.63, 3.8) is 0 Å². The molecule has 0 spiro atoms. The Morgan fingerprint density at radius 1 is 1.35 bits per heavy atom. The molecule has 0 bridgehead atoms. The molecule has 0 atom stereocenters. The van der Waals surface area contributed by atoms with Crippen molar-refractivity contribution in [2.45, 2.75) is 0 Å². The van der Waals surface area contributed by atoms with Gasteiger partial charge in [-0.2, -0.15) is 0 Å². The third-order valence-electron chi connectivity index (χ3n) is 2.19. The Bertz CT molecular complexity index is 442. The second-order valence-corrected chi connectivity index (χ2v) is 3.61. The lowest BCUT2D eigenvalue weighted by atomic mass is 10.3. The SMILES string of the molecule is CN=C(NC)N(C)C.c1ccc2[nH]cnc2c1. The van der Waals surface area contributed by atoms with Crippen LogP contribution in [0.3, 0.4) is 0 Å². The highest BCUT2D eigenvalue weighted by Crippen LogP contribution is 2.05. The summed E-state index contributed by atoms with van der Waals surface area (Å²) < 4.78 is 0. The number of benzene rings is 1. The van der Waals surface area contributed by atoms with Crippen molar-refractivity contribution < 1.29 is 0 Å². The van der Waals surface area contributed by atoms with Gasteiger partial charge in [0.15, 0.2) is 5.96 Å². The first kappa shape index (κ1) is 13.0. The minimum atomic E-state index is 0.894. The maximum atomic E-state index is 4.06. The number of nitrogens with zero attached hydrogens (tertiary/aromatic N) is 3. The van der Waals surface area contributed by atoms with Crippen molar-refractivity contribution in [3.05, 3.63) is 30.6 Å². The van der Waals surface area contributed by atoms with E-state index in [1.165, 1.54) is 0 Å². The normalized spacial score (nSPS) is 10.7. The van der Waals surface area contributed by atoms with Gasteiger partial charge in [0.05, 0.1) is 17.4 Å². The summed E-state index contributed by atoms with van der Waals surface area (Å²) in [6.07, 6.45) is 1.70. The van der Waals surface area contributed by atoms with E-state index < -0.39 is 0 Å². The molecule has 17 heavy (non-hydrogen) atoms. The third-order valence-corrected chi connectivity index (χ3v) is 2.19. The number of nitrogens with one attached hydrogen (secondary N) is 2. The van der Waals surface area contributed by atoms with E-state index >= 15 is 0 Å². The fourth-order valence-electron chi connectivity index (χ4n) is 1.42. The molecule has 5 nitrogen and oxygen atoms in total. The van der Waals surface area contributed by atoms with Crippen LogP contribution in [-0.4, -0.2) is 49.0 Å². The largest absolute Gasteiger partial charge is 0.359 e. The Hall–Kier alpha value is -2.04. The average molecular weight is 233 g/mol. The van der Waals surface area contributed by atoms with Crippen molar-refractivity contribution in [1.29, 1.82) is 0 Å². The van der Waals surface area contributed by atoms with Crippen LogP contribution < -0.4 is 5.32 Å². The number of hydrogen-bond donors (Lipinski definition) is 2. The summed E-state index contributed by atoms with van der Waals surface area (Å²) in [7, 11) is 7.49. The standard InChI is InChI=1S/C7H6N2.C5H13N3/c1-2-4-7-6(3-1)8-5-9-7;1-6-5(7-2)8(3)4/h1-5H,(H,8,9);1-4H3,(H,6,7). The van der Waals surface area contributed by atoms with Crippen LogP contribution in [0.4, 0.5) is 0 Å². The maximum absolute atomic E-state index is 4.06. The molecule has 0 aliphatic heterocycles. The minimum absolute atomic E-state index is 0.894. The van der Waals surface area contributed by atoms with Crippen LogP contribution in [0.5, 0.6) is 0 Å². The van der Waals surface area contributed by atoms with Crippen molar-refractivity contribution in [1.82, 2.24) is 20.2 Å². The zero-order chi connectivity index (χ0) is 12.7. The van der Waals surface area contributed by atoms with Crippen LogP contribution in [0.2, 0.25) is 0 Å². The Kier molecular flexibility index (Phi) is 5.00. The van der Waals surface area contributed by atoms with Crippen molar-refractivity contribution >= 4 is 17.0 Å². The summed E-state index contributed by atoms with van der Waals surface area (Å²) in [6.45, 7) is 0. The Balaban J connectivity index is 0.000000172. The van der Waals surface area contributed by atoms with Crippen LogP contribution in [0.25, 0.3) is 11.0 Å². The quantitative estimate of drug-likeness (QED) is 0.533. The molecule has 0 aliphatic rings. The van der Waals surface area contributed by atoms with E-state index in [4.69, 9.17) is 0 Å². The molecule has 0 radical (unpaired) electrons. The highest BCUT2D eigenvalue weighted by molar-refractivity contribution is 5.78. The van der Waals surface area contributed by atoms with Crippen LogP contribution in [-0.2, 0) is 0 Å². The van der Waals surface area contributed by atoms with Crippen molar-refractivity contribution in [2.24, 2.45) is 4.99 Å². The van der Waals surface area contributed by atoms with Crippen molar-refractivity contribution in [2.75, 3.05) is 28.2 Å². The number of imidazole rings is 1. The van der Waals surface area contributed by atoms with Crippen LogP contribution in [0.1, 0.15) is 0 Å². The van der Waals surface area contributed by atoms with Gasteiger partial charge in [-0.3, -0.25) is 4.99 Å². The van der Waals surface area contributed by atoms with Gasteiger partial charge >= 0.3 is 0 Å². The fraction of sp³-hybridized carbons (Fsp3) is 0.333. The van der Waals surface area contributed by atoms with Gasteiger partial charge in [0.1, 0.15) is 0 Å². The molecule has 0 fully saturated rings. The van der Waals surface area contributed by atoms with E-state index in [9.17, 15) is 0 Å². The van der Waals surface area contributed by atoms with E-state index in [2.05, 4.69) is 20.3 Å². The highest BCUT2D eigenvalue weighted by Gasteiger charge is 1.91. The van der Waals surface area contributed by atoms with E-state index in [0.29, 0.717) is 0 Å². The topological polar surface area (TPSA) is 56.3 Å². The van der Waals surface area contributed by atoms with Gasteiger partial charge in [-0.1, -0.05) is 12.1 Å². The minimum Gasteiger partial charge on any atom is -0.359 e. The second-order valence-electron chi connectivity index (χ2n) is 3.61. The van der Waals surface area contributed by atoms with Gasteiger partial charge in [-0.15, -0.1) is 0 Å². The van der Waals surface area contributed by atoms with E-state index in [0.717, 1.165) is 17.0 Å². The van der Waals surface area contributed by atoms with Gasteiger partial charge in [-0.05, 0) is 12.1 Å². The summed E-state index contributed by atoms with van der Waals surface area (Å²) in [4.78, 5) is 12.9. The number of para-hydroxylation sites is 2. The van der Waals surface area contributed by atoms with Gasteiger partial charge in [0.25, 0.3) is 0 Å². The summed E-state index contributed by atoms with van der Waals surface area (Å²) in [5.41, 5.74) is 2.12. The van der Waals surface area contributed by atoms with Gasteiger partial charge in [0, 0.05) is 28.2 Å². The molecule has 0 aliphatic carbocycles. The summed E-state index contributed by atoms with van der Waals surface area (Å²) in [5, 5.41) is 2.93. The monoisotopic (exact) mass is 233 g/mol. The number of fused-ring (bicyclic) bond motifs is 1. The number of hydrogen-bond acceptors (Lipinski definition) is 2. The molecule has 2 aromatic rings. The molecule has 5 heteroatoms. The number of H-pyrrole nitrogens is 1. The smallest absolute Gasteiger partial charge is 0.192 e.